The van der Waals surface area contributed by atoms with E-state index in [9.17, 15) is 19.5 Å². The van der Waals surface area contributed by atoms with Crippen molar-refractivity contribution in [2.75, 3.05) is 26.8 Å². The molecule has 1 aliphatic heterocycles. The van der Waals surface area contributed by atoms with E-state index in [4.69, 9.17) is 13.9 Å². The van der Waals surface area contributed by atoms with E-state index in [2.05, 4.69) is 0 Å². The van der Waals surface area contributed by atoms with Gasteiger partial charge in [-0.3, -0.25) is 9.59 Å². The third-order valence-electron chi connectivity index (χ3n) is 5.60. The first kappa shape index (κ1) is 21.4. The number of ether oxygens (including phenoxy) is 2. The van der Waals surface area contributed by atoms with Crippen molar-refractivity contribution in [2.24, 2.45) is 5.92 Å². The quantitative estimate of drug-likeness (QED) is 0.591. The second-order valence-electron chi connectivity index (χ2n) is 7.67. The van der Waals surface area contributed by atoms with Gasteiger partial charge < -0.3 is 23.9 Å². The average molecular weight is 437 g/mol. The van der Waals surface area contributed by atoms with Crippen molar-refractivity contribution in [2.45, 2.75) is 12.8 Å². The minimum atomic E-state index is -0.888. The van der Waals surface area contributed by atoms with Gasteiger partial charge in [-0.15, -0.1) is 0 Å². The minimum Gasteiger partial charge on any atom is -0.497 e. The van der Waals surface area contributed by atoms with Crippen LogP contribution in [-0.2, 0) is 9.59 Å². The lowest BCUT2D eigenvalue weighted by molar-refractivity contribution is -0.146. The van der Waals surface area contributed by atoms with Crippen LogP contribution in [0.2, 0.25) is 0 Å². The maximum atomic E-state index is 12.5. The Morgan fingerprint density at radius 2 is 1.88 bits per heavy atom. The summed E-state index contributed by atoms with van der Waals surface area (Å²) in [5.41, 5.74) is 1.40. The Bertz CT molecular complexity index is 1200. The summed E-state index contributed by atoms with van der Waals surface area (Å²) in [5, 5.41) is 9.92. The molecule has 0 spiro atoms. The van der Waals surface area contributed by atoms with Crippen molar-refractivity contribution < 1.29 is 28.6 Å². The number of nitrogens with zero attached hydrogens (tertiary/aromatic N) is 1. The van der Waals surface area contributed by atoms with Gasteiger partial charge in [-0.1, -0.05) is 12.1 Å². The molecule has 1 N–H and O–H groups in total. The van der Waals surface area contributed by atoms with E-state index in [0.29, 0.717) is 36.5 Å². The van der Waals surface area contributed by atoms with Crippen LogP contribution in [0.5, 0.6) is 11.5 Å². The van der Waals surface area contributed by atoms with E-state index >= 15 is 0 Å². The Kier molecular flexibility index (Phi) is 6.11. The number of benzene rings is 2. The van der Waals surface area contributed by atoms with Crippen molar-refractivity contribution >= 4 is 22.8 Å². The maximum Gasteiger partial charge on any atom is 0.336 e. The number of rotatable bonds is 6. The third-order valence-corrected chi connectivity index (χ3v) is 5.60. The van der Waals surface area contributed by atoms with Crippen molar-refractivity contribution in [3.8, 4) is 22.6 Å². The Morgan fingerprint density at radius 3 is 2.59 bits per heavy atom. The summed E-state index contributed by atoms with van der Waals surface area (Å²) < 4.78 is 16.2. The van der Waals surface area contributed by atoms with Gasteiger partial charge in [-0.05, 0) is 48.2 Å². The number of piperidine rings is 1. The number of fused-ring (bicyclic) bond motifs is 1. The summed E-state index contributed by atoms with van der Waals surface area (Å²) in [6, 6.07) is 13.8. The second-order valence-corrected chi connectivity index (χ2v) is 7.67. The first-order chi connectivity index (χ1) is 15.4. The Balaban J connectivity index is 1.52. The Labute approximate surface area is 184 Å². The van der Waals surface area contributed by atoms with E-state index in [-0.39, 0.29) is 19.1 Å². The molecule has 1 amide bonds. The molecule has 0 aliphatic carbocycles. The van der Waals surface area contributed by atoms with E-state index < -0.39 is 17.5 Å². The zero-order valence-corrected chi connectivity index (χ0v) is 17.6. The van der Waals surface area contributed by atoms with Crippen LogP contribution in [0.25, 0.3) is 22.1 Å². The number of carboxylic acid groups (broad SMARTS) is 1. The first-order valence-corrected chi connectivity index (χ1v) is 10.3. The van der Waals surface area contributed by atoms with Crippen molar-refractivity contribution in [1.29, 1.82) is 0 Å². The molecule has 4 rings (SSSR count). The number of amides is 1. The van der Waals surface area contributed by atoms with E-state index in [1.165, 1.54) is 11.0 Å². The molecule has 2 aromatic carbocycles. The van der Waals surface area contributed by atoms with Gasteiger partial charge >= 0.3 is 11.6 Å². The molecule has 3 aromatic rings. The molecule has 1 atom stereocenters. The number of carbonyl (C=O) groups is 2. The van der Waals surface area contributed by atoms with Gasteiger partial charge in [-0.25, -0.2) is 4.79 Å². The molecule has 2 heterocycles. The number of carbonyl (C=O) groups excluding carboxylic acids is 1. The standard InChI is InChI=1S/C24H23NO7/c1-30-17-6-4-15(5-7-17)20-12-23(27)32-21-11-18(8-9-19(20)21)31-14-22(26)25-10-2-3-16(13-25)24(28)29/h4-9,11-12,16H,2-3,10,13-14H2,1H3,(H,28,29)/t16-/m0/s1. The highest BCUT2D eigenvalue weighted by Gasteiger charge is 2.28. The molecule has 0 bridgehead atoms. The lowest BCUT2D eigenvalue weighted by atomic mass is 9.98. The smallest absolute Gasteiger partial charge is 0.336 e. The van der Waals surface area contributed by atoms with Gasteiger partial charge in [0.2, 0.25) is 0 Å². The molecule has 166 valence electrons. The Morgan fingerprint density at radius 1 is 1.12 bits per heavy atom. The van der Waals surface area contributed by atoms with Crippen LogP contribution >= 0.6 is 0 Å². The van der Waals surface area contributed by atoms with Crippen molar-refractivity contribution in [3.05, 3.63) is 59.0 Å². The highest BCUT2D eigenvalue weighted by molar-refractivity contribution is 5.93. The molecule has 0 saturated carbocycles. The van der Waals surface area contributed by atoms with Crippen LogP contribution in [0, 0.1) is 5.92 Å². The summed E-state index contributed by atoms with van der Waals surface area (Å²) >= 11 is 0. The third kappa shape index (κ3) is 4.59. The van der Waals surface area contributed by atoms with Gasteiger partial charge in [0.1, 0.15) is 17.1 Å². The van der Waals surface area contributed by atoms with Crippen LogP contribution < -0.4 is 15.1 Å². The number of likely N-dealkylation sites (tertiary alicyclic amines) is 1. The van der Waals surface area contributed by atoms with Gasteiger partial charge in [-0.2, -0.15) is 0 Å². The molecule has 0 radical (unpaired) electrons. The predicted octanol–water partition coefficient (Wildman–Crippen LogP) is 3.17. The molecule has 1 aromatic heterocycles. The largest absolute Gasteiger partial charge is 0.497 e. The van der Waals surface area contributed by atoms with Crippen LogP contribution in [0.3, 0.4) is 0 Å². The molecule has 8 nitrogen and oxygen atoms in total. The summed E-state index contributed by atoms with van der Waals surface area (Å²) in [6.07, 6.45) is 1.22. The molecule has 32 heavy (non-hydrogen) atoms. The number of methoxy groups -OCH3 is 1. The van der Waals surface area contributed by atoms with Gasteiger partial charge in [0, 0.05) is 30.6 Å². The average Bonchev–Trinajstić information content (AvgIpc) is 2.81. The molecular weight excluding hydrogens is 414 g/mol. The monoisotopic (exact) mass is 437 g/mol. The van der Waals surface area contributed by atoms with E-state index in [0.717, 1.165) is 16.5 Å². The normalized spacial score (nSPS) is 16.0. The molecule has 1 aliphatic rings. The van der Waals surface area contributed by atoms with E-state index in [1.807, 2.05) is 24.3 Å². The van der Waals surface area contributed by atoms with Gasteiger partial charge in [0.25, 0.3) is 5.91 Å². The number of aliphatic carboxylic acids is 1. The number of carboxylic acids is 1. The number of hydrogen-bond acceptors (Lipinski definition) is 6. The maximum absolute atomic E-state index is 12.5. The van der Waals surface area contributed by atoms with Crippen LogP contribution in [0.1, 0.15) is 12.8 Å². The van der Waals surface area contributed by atoms with Gasteiger partial charge in [0.15, 0.2) is 6.61 Å². The fraction of sp³-hybridized carbons (Fsp3) is 0.292. The van der Waals surface area contributed by atoms with E-state index in [1.54, 1.807) is 25.3 Å². The summed E-state index contributed by atoms with van der Waals surface area (Å²) in [5.74, 6) is -0.610. The molecular formula is C24H23NO7. The van der Waals surface area contributed by atoms with Crippen LogP contribution in [-0.4, -0.2) is 48.7 Å². The topological polar surface area (TPSA) is 106 Å². The number of hydrogen-bond donors (Lipinski definition) is 1. The minimum absolute atomic E-state index is 0.190. The highest BCUT2D eigenvalue weighted by Crippen LogP contribution is 2.30. The predicted molar refractivity (Wildman–Crippen MR) is 117 cm³/mol. The molecule has 1 fully saturated rings. The van der Waals surface area contributed by atoms with Crippen LogP contribution in [0.4, 0.5) is 0 Å². The lowest BCUT2D eigenvalue weighted by Crippen LogP contribution is -2.44. The second kappa shape index (κ2) is 9.13. The summed E-state index contributed by atoms with van der Waals surface area (Å²) in [4.78, 5) is 37.3. The molecule has 8 heteroatoms. The summed E-state index contributed by atoms with van der Waals surface area (Å²) in [7, 11) is 1.59. The fourth-order valence-electron chi connectivity index (χ4n) is 3.88. The van der Waals surface area contributed by atoms with Crippen molar-refractivity contribution in [3.63, 3.8) is 0 Å². The lowest BCUT2D eigenvalue weighted by Gasteiger charge is -2.30. The molecule has 1 saturated heterocycles. The zero-order chi connectivity index (χ0) is 22.7. The molecule has 0 unspecified atom stereocenters. The fourth-order valence-corrected chi connectivity index (χ4v) is 3.88. The Hall–Kier alpha value is -3.81. The van der Waals surface area contributed by atoms with Crippen LogP contribution in [0.15, 0.2) is 57.7 Å². The highest BCUT2D eigenvalue weighted by atomic mass is 16.5. The van der Waals surface area contributed by atoms with Gasteiger partial charge in [0.05, 0.1) is 13.0 Å². The first-order valence-electron chi connectivity index (χ1n) is 10.3. The zero-order valence-electron chi connectivity index (χ0n) is 17.6. The van der Waals surface area contributed by atoms with Crippen molar-refractivity contribution in [1.82, 2.24) is 4.90 Å². The SMILES string of the molecule is COc1ccc(-c2cc(=O)oc3cc(OCC(=O)N4CCC[C@H](C(=O)O)C4)ccc23)cc1. The summed E-state index contributed by atoms with van der Waals surface area (Å²) in [6.45, 7) is 0.485.